The molecule has 0 unspecified atom stereocenters. The maximum Gasteiger partial charge on any atom is 0.0340 e. The second-order valence-electron chi connectivity index (χ2n) is 9.28. The minimum Gasteiger partial charge on any atom is -0.385 e. The summed E-state index contributed by atoms with van der Waals surface area (Å²) >= 11 is 0. The van der Waals surface area contributed by atoms with Crippen LogP contribution in [0.2, 0.25) is 0 Å². The van der Waals surface area contributed by atoms with Crippen LogP contribution in [0.25, 0.3) is 0 Å². The van der Waals surface area contributed by atoms with Crippen LogP contribution in [-0.2, 0) is 0 Å². The molecule has 0 heterocycles. The van der Waals surface area contributed by atoms with Crippen LogP contribution in [0.5, 0.6) is 0 Å². The summed E-state index contributed by atoms with van der Waals surface area (Å²) in [7, 11) is 0. The molecule has 1 fully saturated rings. The van der Waals surface area contributed by atoms with Crippen molar-refractivity contribution in [3.05, 3.63) is 72.5 Å². The molecule has 0 radical (unpaired) electrons. The molecule has 0 aromatic carbocycles. The number of allylic oxidation sites excluding steroid dienone is 11. The summed E-state index contributed by atoms with van der Waals surface area (Å²) in [6.45, 7) is 1.06. The van der Waals surface area contributed by atoms with Crippen LogP contribution in [-0.4, -0.2) is 6.54 Å². The van der Waals surface area contributed by atoms with Crippen molar-refractivity contribution < 1.29 is 0 Å². The van der Waals surface area contributed by atoms with E-state index in [1.807, 2.05) is 18.2 Å². The lowest BCUT2D eigenvalue weighted by Gasteiger charge is -2.16. The van der Waals surface area contributed by atoms with Crippen molar-refractivity contribution in [3.63, 3.8) is 0 Å². The molecule has 172 valence electrons. The van der Waals surface area contributed by atoms with Gasteiger partial charge in [0, 0.05) is 12.2 Å². The minimum absolute atomic E-state index is 1.02. The maximum absolute atomic E-state index is 3.59. The minimum atomic E-state index is 1.02. The van der Waals surface area contributed by atoms with Gasteiger partial charge in [-0.2, -0.15) is 0 Å². The van der Waals surface area contributed by atoms with Crippen molar-refractivity contribution in [2.24, 2.45) is 5.92 Å². The van der Waals surface area contributed by atoms with Crippen molar-refractivity contribution in [2.75, 3.05) is 6.54 Å². The van der Waals surface area contributed by atoms with E-state index in [0.717, 1.165) is 12.5 Å². The summed E-state index contributed by atoms with van der Waals surface area (Å²) < 4.78 is 0. The Labute approximate surface area is 193 Å². The smallest absolute Gasteiger partial charge is 0.0340 e. The van der Waals surface area contributed by atoms with E-state index in [1.165, 1.54) is 108 Å². The Morgan fingerprint density at radius 3 is 1.74 bits per heavy atom. The number of nitrogens with one attached hydrogen (secondary N) is 1. The Kier molecular flexibility index (Phi) is 15.6. The van der Waals surface area contributed by atoms with Crippen molar-refractivity contribution in [1.82, 2.24) is 5.32 Å². The van der Waals surface area contributed by atoms with Gasteiger partial charge in [-0.25, -0.2) is 0 Å². The molecule has 0 aliphatic heterocycles. The fourth-order valence-electron chi connectivity index (χ4n) is 4.62. The molecule has 1 nitrogen and oxygen atoms in total. The van der Waals surface area contributed by atoms with Crippen LogP contribution < -0.4 is 5.32 Å². The average molecular weight is 422 g/mol. The zero-order valence-corrected chi connectivity index (χ0v) is 19.9. The third-order valence-electron chi connectivity index (χ3n) is 6.53. The predicted octanol–water partition coefficient (Wildman–Crippen LogP) is 9.13. The Balaban J connectivity index is 1.54. The molecule has 0 aromatic heterocycles. The quantitative estimate of drug-likeness (QED) is 0.366. The number of hydrogen-bond donors (Lipinski definition) is 1. The van der Waals surface area contributed by atoms with E-state index in [0.29, 0.717) is 0 Å². The van der Waals surface area contributed by atoms with E-state index in [9.17, 15) is 0 Å². The van der Waals surface area contributed by atoms with Gasteiger partial charge in [-0.15, -0.1) is 0 Å². The third-order valence-corrected chi connectivity index (χ3v) is 6.53. The Bertz CT molecular complexity index is 590. The van der Waals surface area contributed by atoms with Crippen LogP contribution >= 0.6 is 0 Å². The first-order valence-corrected chi connectivity index (χ1v) is 13.2. The molecule has 0 bridgehead atoms. The van der Waals surface area contributed by atoms with Crippen LogP contribution in [0, 0.1) is 5.92 Å². The Morgan fingerprint density at radius 2 is 1.06 bits per heavy atom. The van der Waals surface area contributed by atoms with E-state index in [1.54, 1.807) is 0 Å². The summed E-state index contributed by atoms with van der Waals surface area (Å²) in [6.07, 6.45) is 46.1. The predicted molar refractivity (Wildman–Crippen MR) is 139 cm³/mol. The largest absolute Gasteiger partial charge is 0.385 e. The summed E-state index contributed by atoms with van der Waals surface area (Å²) in [6, 6.07) is 0. The van der Waals surface area contributed by atoms with Gasteiger partial charge in [-0.05, 0) is 24.5 Å². The first kappa shape index (κ1) is 25.5. The van der Waals surface area contributed by atoms with Gasteiger partial charge in [0.25, 0.3) is 0 Å². The van der Waals surface area contributed by atoms with Gasteiger partial charge in [-0.1, -0.05) is 151 Å². The first-order valence-electron chi connectivity index (χ1n) is 13.2. The van der Waals surface area contributed by atoms with Gasteiger partial charge in [0.1, 0.15) is 0 Å². The highest BCUT2D eigenvalue weighted by Gasteiger charge is 2.09. The lowest BCUT2D eigenvalue weighted by molar-refractivity contribution is 0.372. The molecular weight excluding hydrogens is 374 g/mol. The lowest BCUT2D eigenvalue weighted by atomic mass is 9.90. The molecule has 2 aliphatic carbocycles. The fraction of sp³-hybridized carbons (Fsp3) is 0.600. The summed E-state index contributed by atoms with van der Waals surface area (Å²) in [5.41, 5.74) is 1.19. The number of rotatable bonds is 9. The van der Waals surface area contributed by atoms with Crippen LogP contribution in [0.3, 0.4) is 0 Å². The van der Waals surface area contributed by atoms with Crippen molar-refractivity contribution in [2.45, 2.75) is 103 Å². The molecule has 0 aromatic rings. The SMILES string of the molecule is C1=C\C=C/C=C\C(NCCCCCCCC2CCCCCCCCCC2)=C/C=C\C=C/1. The number of unbranched alkanes of at least 4 members (excludes halogenated alkanes) is 4. The standard InChI is InChI=1S/C30H47N/c1-2-8-14-20-26-30(27-21-15-9-3-1)31-28-22-16-10-13-19-25-29-23-17-11-6-4-5-7-12-18-24-29/h1-3,8-9,14-15,20-21,26-27,29,31H,4-7,10-13,16-19,22-25,28H2/b2-1-,3-1?,8-2?,9-3-,14-8-,15-9?,20-14?,21-15-,26-20-,27-21?,30-26?,30-27+. The van der Waals surface area contributed by atoms with E-state index >= 15 is 0 Å². The highest BCUT2D eigenvalue weighted by Crippen LogP contribution is 2.25. The molecule has 0 spiro atoms. The molecule has 2 aliphatic rings. The monoisotopic (exact) mass is 421 g/mol. The summed E-state index contributed by atoms with van der Waals surface area (Å²) in [5, 5.41) is 3.59. The highest BCUT2D eigenvalue weighted by atomic mass is 14.9. The molecule has 1 heteroatoms. The van der Waals surface area contributed by atoms with Crippen molar-refractivity contribution in [1.29, 1.82) is 0 Å². The molecule has 0 atom stereocenters. The summed E-state index contributed by atoms with van der Waals surface area (Å²) in [4.78, 5) is 0. The highest BCUT2D eigenvalue weighted by molar-refractivity contribution is 5.28. The van der Waals surface area contributed by atoms with Gasteiger partial charge >= 0.3 is 0 Å². The first-order chi connectivity index (χ1) is 15.4. The molecule has 1 N–H and O–H groups in total. The van der Waals surface area contributed by atoms with Crippen LogP contribution in [0.1, 0.15) is 103 Å². The van der Waals surface area contributed by atoms with Gasteiger partial charge in [0.2, 0.25) is 0 Å². The Hall–Kier alpha value is -1.76. The second kappa shape index (κ2) is 19.0. The van der Waals surface area contributed by atoms with Crippen LogP contribution in [0.4, 0.5) is 0 Å². The normalized spacial score (nSPS) is 26.1. The number of hydrogen-bond acceptors (Lipinski definition) is 1. The maximum atomic E-state index is 3.59. The third kappa shape index (κ3) is 14.8. The van der Waals surface area contributed by atoms with Gasteiger partial charge in [0.15, 0.2) is 0 Å². The zero-order valence-electron chi connectivity index (χ0n) is 19.9. The second-order valence-corrected chi connectivity index (χ2v) is 9.28. The van der Waals surface area contributed by atoms with E-state index < -0.39 is 0 Å². The van der Waals surface area contributed by atoms with E-state index in [4.69, 9.17) is 0 Å². The zero-order chi connectivity index (χ0) is 21.7. The molecule has 1 saturated carbocycles. The molecule has 31 heavy (non-hydrogen) atoms. The van der Waals surface area contributed by atoms with Gasteiger partial charge < -0.3 is 5.32 Å². The lowest BCUT2D eigenvalue weighted by Crippen LogP contribution is -2.13. The van der Waals surface area contributed by atoms with Crippen molar-refractivity contribution >= 4 is 0 Å². The van der Waals surface area contributed by atoms with Crippen LogP contribution in [0.15, 0.2) is 72.5 Å². The topological polar surface area (TPSA) is 12.0 Å². The van der Waals surface area contributed by atoms with Crippen molar-refractivity contribution in [3.8, 4) is 0 Å². The van der Waals surface area contributed by atoms with E-state index in [-0.39, 0.29) is 0 Å². The van der Waals surface area contributed by atoms with Gasteiger partial charge in [-0.3, -0.25) is 0 Å². The summed E-state index contributed by atoms with van der Waals surface area (Å²) in [5.74, 6) is 1.02. The molecule has 0 saturated heterocycles. The average Bonchev–Trinajstić information content (AvgIpc) is 2.83. The molecular formula is C30H47N. The molecule has 2 rings (SSSR count). The van der Waals surface area contributed by atoms with E-state index in [2.05, 4.69) is 53.9 Å². The van der Waals surface area contributed by atoms with Gasteiger partial charge in [0.05, 0.1) is 0 Å². The molecule has 0 amide bonds. The Morgan fingerprint density at radius 1 is 0.548 bits per heavy atom. The fourth-order valence-corrected chi connectivity index (χ4v) is 4.62.